The first-order valence-corrected chi connectivity index (χ1v) is 8.78. The number of halogens is 2. The van der Waals surface area contributed by atoms with E-state index in [-0.39, 0.29) is 11.7 Å². The van der Waals surface area contributed by atoms with Crippen molar-refractivity contribution in [3.63, 3.8) is 0 Å². The van der Waals surface area contributed by atoms with Gasteiger partial charge < -0.3 is 4.74 Å². The molecule has 0 spiro atoms. The molecule has 0 N–H and O–H groups in total. The van der Waals surface area contributed by atoms with Gasteiger partial charge in [-0.15, -0.1) is 0 Å². The summed E-state index contributed by atoms with van der Waals surface area (Å²) in [6.07, 6.45) is 9.39. The monoisotopic (exact) mass is 310 g/mol. The zero-order chi connectivity index (χ0) is 15.9. The fourth-order valence-electron chi connectivity index (χ4n) is 3.57. The van der Waals surface area contributed by atoms with E-state index in [0.717, 1.165) is 31.6 Å². The number of hydrogen-bond donors (Lipinski definition) is 0. The molecule has 0 saturated heterocycles. The predicted octanol–water partition coefficient (Wildman–Crippen LogP) is 6.22. The molecule has 0 amide bonds. The number of ether oxygens (including phenoxy) is 1. The van der Waals surface area contributed by atoms with Crippen molar-refractivity contribution in [1.82, 2.24) is 0 Å². The van der Waals surface area contributed by atoms with E-state index in [4.69, 9.17) is 4.74 Å². The van der Waals surface area contributed by atoms with Gasteiger partial charge in [-0.05, 0) is 56.1 Å². The maximum atomic E-state index is 14.3. The molecule has 3 heteroatoms. The van der Waals surface area contributed by atoms with Crippen molar-refractivity contribution in [2.24, 2.45) is 5.92 Å². The van der Waals surface area contributed by atoms with Crippen molar-refractivity contribution in [3.05, 3.63) is 29.3 Å². The Balaban J connectivity index is 1.95. The molecule has 0 aromatic heterocycles. The van der Waals surface area contributed by atoms with Crippen LogP contribution in [0, 0.1) is 17.6 Å². The summed E-state index contributed by atoms with van der Waals surface area (Å²) in [5.74, 6) is -0.576. The van der Waals surface area contributed by atoms with Gasteiger partial charge >= 0.3 is 0 Å². The van der Waals surface area contributed by atoms with E-state index >= 15 is 0 Å². The van der Waals surface area contributed by atoms with Crippen LogP contribution in [0.4, 0.5) is 8.78 Å². The molecule has 0 unspecified atom stereocenters. The highest BCUT2D eigenvalue weighted by Crippen LogP contribution is 2.40. The predicted molar refractivity (Wildman–Crippen MR) is 86.4 cm³/mol. The van der Waals surface area contributed by atoms with Crippen molar-refractivity contribution in [1.29, 1.82) is 0 Å². The molecule has 124 valence electrons. The topological polar surface area (TPSA) is 9.23 Å². The van der Waals surface area contributed by atoms with Crippen molar-refractivity contribution < 1.29 is 13.5 Å². The van der Waals surface area contributed by atoms with Gasteiger partial charge in [0.15, 0.2) is 11.6 Å². The molecule has 1 aliphatic carbocycles. The molecule has 2 rings (SSSR count). The van der Waals surface area contributed by atoms with Gasteiger partial charge in [-0.2, -0.15) is 4.39 Å². The van der Waals surface area contributed by atoms with Crippen molar-refractivity contribution in [3.8, 4) is 5.75 Å². The molecule has 0 bridgehead atoms. The largest absolute Gasteiger partial charge is 0.491 e. The summed E-state index contributed by atoms with van der Waals surface area (Å²) < 4.78 is 33.4. The molecule has 1 fully saturated rings. The van der Waals surface area contributed by atoms with Gasteiger partial charge in [0.25, 0.3) is 0 Å². The van der Waals surface area contributed by atoms with Gasteiger partial charge in [-0.3, -0.25) is 0 Å². The third-order valence-corrected chi connectivity index (χ3v) is 4.88. The van der Waals surface area contributed by atoms with Crippen LogP contribution < -0.4 is 4.74 Å². The zero-order valence-electron chi connectivity index (χ0n) is 13.8. The molecule has 0 radical (unpaired) electrons. The third-order valence-electron chi connectivity index (χ3n) is 4.88. The smallest absolute Gasteiger partial charge is 0.200 e. The standard InChI is InChI=1S/C19H28F2O/c1-3-5-6-7-14-8-10-15(11-9-14)16-12-13-17(22-4-2)19(21)18(16)20/h12-15H,3-11H2,1-2H3. The van der Waals surface area contributed by atoms with Crippen molar-refractivity contribution in [2.75, 3.05) is 6.61 Å². The molecule has 0 atom stereocenters. The number of benzene rings is 1. The van der Waals surface area contributed by atoms with Crippen LogP contribution in [0.3, 0.4) is 0 Å². The van der Waals surface area contributed by atoms with Crippen LogP contribution in [0.15, 0.2) is 12.1 Å². The van der Waals surface area contributed by atoms with Gasteiger partial charge in [0.1, 0.15) is 0 Å². The Bertz CT molecular complexity index is 465. The second kappa shape index (κ2) is 8.50. The molecule has 0 heterocycles. The van der Waals surface area contributed by atoms with Gasteiger partial charge in [0, 0.05) is 0 Å². The minimum Gasteiger partial charge on any atom is -0.491 e. The molecule has 1 saturated carbocycles. The Morgan fingerprint density at radius 2 is 1.73 bits per heavy atom. The minimum atomic E-state index is -0.829. The van der Waals surface area contributed by atoms with Crippen LogP contribution >= 0.6 is 0 Å². The molecular formula is C19H28F2O. The van der Waals surface area contributed by atoms with Crippen LogP contribution in [0.5, 0.6) is 5.75 Å². The number of rotatable bonds is 7. The lowest BCUT2D eigenvalue weighted by Crippen LogP contribution is -2.15. The van der Waals surface area contributed by atoms with Crippen LogP contribution in [0.25, 0.3) is 0 Å². The van der Waals surface area contributed by atoms with Crippen LogP contribution in [-0.2, 0) is 0 Å². The first kappa shape index (κ1) is 17.2. The first-order valence-electron chi connectivity index (χ1n) is 8.78. The highest BCUT2D eigenvalue weighted by molar-refractivity contribution is 5.33. The highest BCUT2D eigenvalue weighted by atomic mass is 19.2. The normalized spacial score (nSPS) is 21.8. The molecule has 1 nitrogen and oxygen atoms in total. The molecule has 1 aromatic rings. The average Bonchev–Trinajstić information content (AvgIpc) is 2.53. The van der Waals surface area contributed by atoms with Crippen LogP contribution in [0.2, 0.25) is 0 Å². The summed E-state index contributed by atoms with van der Waals surface area (Å²) >= 11 is 0. The Labute approximate surface area is 133 Å². The van der Waals surface area contributed by atoms with E-state index in [1.807, 2.05) is 0 Å². The maximum absolute atomic E-state index is 14.3. The van der Waals surface area contributed by atoms with E-state index in [1.165, 1.54) is 25.7 Å². The maximum Gasteiger partial charge on any atom is 0.200 e. The van der Waals surface area contributed by atoms with Gasteiger partial charge in [-0.1, -0.05) is 38.7 Å². The summed E-state index contributed by atoms with van der Waals surface area (Å²) in [6.45, 7) is 4.34. The SMILES string of the molecule is CCCCCC1CCC(c2ccc(OCC)c(F)c2F)CC1. The lowest BCUT2D eigenvalue weighted by atomic mass is 9.77. The van der Waals surface area contributed by atoms with Gasteiger partial charge in [-0.25, -0.2) is 4.39 Å². The Morgan fingerprint density at radius 3 is 2.36 bits per heavy atom. The van der Waals surface area contributed by atoms with Crippen LogP contribution in [0.1, 0.15) is 76.7 Å². The van der Waals surface area contributed by atoms with Crippen molar-refractivity contribution >= 4 is 0 Å². The van der Waals surface area contributed by atoms with E-state index in [2.05, 4.69) is 6.92 Å². The first-order chi connectivity index (χ1) is 10.7. The zero-order valence-corrected chi connectivity index (χ0v) is 13.8. The summed E-state index contributed by atoms with van der Waals surface area (Å²) in [7, 11) is 0. The highest BCUT2D eigenvalue weighted by Gasteiger charge is 2.26. The molecular weight excluding hydrogens is 282 g/mol. The number of hydrogen-bond acceptors (Lipinski definition) is 1. The van der Waals surface area contributed by atoms with E-state index < -0.39 is 11.6 Å². The summed E-state index contributed by atoms with van der Waals surface area (Å²) in [5, 5.41) is 0. The van der Waals surface area contributed by atoms with Gasteiger partial charge in [0.05, 0.1) is 6.61 Å². The quantitative estimate of drug-likeness (QED) is 0.543. The fourth-order valence-corrected chi connectivity index (χ4v) is 3.57. The van der Waals surface area contributed by atoms with E-state index in [0.29, 0.717) is 12.2 Å². The Morgan fingerprint density at radius 1 is 1.00 bits per heavy atom. The number of unbranched alkanes of at least 4 members (excludes halogenated alkanes) is 2. The molecule has 22 heavy (non-hydrogen) atoms. The minimum absolute atomic E-state index is 0.0250. The van der Waals surface area contributed by atoms with E-state index in [1.54, 1.807) is 19.1 Å². The summed E-state index contributed by atoms with van der Waals surface area (Å²) in [4.78, 5) is 0. The van der Waals surface area contributed by atoms with Gasteiger partial charge in [0.2, 0.25) is 5.82 Å². The lowest BCUT2D eigenvalue weighted by Gasteiger charge is -2.29. The Hall–Kier alpha value is -1.12. The molecule has 0 aliphatic heterocycles. The summed E-state index contributed by atoms with van der Waals surface area (Å²) in [5.41, 5.74) is 0.535. The second-order valence-corrected chi connectivity index (χ2v) is 6.43. The molecule has 1 aliphatic rings. The summed E-state index contributed by atoms with van der Waals surface area (Å²) in [6, 6.07) is 3.29. The van der Waals surface area contributed by atoms with Crippen LogP contribution in [-0.4, -0.2) is 6.61 Å². The Kier molecular flexibility index (Phi) is 6.66. The average molecular weight is 310 g/mol. The third kappa shape index (κ3) is 4.21. The molecule has 1 aromatic carbocycles. The lowest BCUT2D eigenvalue weighted by molar-refractivity contribution is 0.292. The fraction of sp³-hybridized carbons (Fsp3) is 0.684. The second-order valence-electron chi connectivity index (χ2n) is 6.43. The van der Waals surface area contributed by atoms with E-state index in [9.17, 15) is 8.78 Å². The van der Waals surface area contributed by atoms with Crippen molar-refractivity contribution in [2.45, 2.75) is 71.1 Å².